The third kappa shape index (κ3) is 5.22. The highest BCUT2D eigenvalue weighted by atomic mass is 79.9. The first kappa shape index (κ1) is 14.7. The molecule has 0 aliphatic carbocycles. The van der Waals surface area contributed by atoms with Gasteiger partial charge in [0.05, 0.1) is 0 Å². The van der Waals surface area contributed by atoms with E-state index in [-0.39, 0.29) is 0 Å². The molecule has 1 rings (SSSR count). The van der Waals surface area contributed by atoms with Gasteiger partial charge in [-0.1, -0.05) is 61.7 Å². The SMILES string of the molecule is CCC(CC)CN(CC)Cc1ccc(Br)cc1. The first-order valence-corrected chi connectivity index (χ1v) is 7.45. The third-order valence-electron chi connectivity index (χ3n) is 3.44. The molecule has 0 heterocycles. The van der Waals surface area contributed by atoms with Crippen molar-refractivity contribution >= 4 is 15.9 Å². The van der Waals surface area contributed by atoms with Gasteiger partial charge in [-0.15, -0.1) is 0 Å². The molecule has 0 spiro atoms. The quantitative estimate of drug-likeness (QED) is 0.705. The van der Waals surface area contributed by atoms with Gasteiger partial charge in [0.25, 0.3) is 0 Å². The monoisotopic (exact) mass is 297 g/mol. The van der Waals surface area contributed by atoms with E-state index in [1.165, 1.54) is 24.9 Å². The molecule has 96 valence electrons. The Labute approximate surface area is 114 Å². The van der Waals surface area contributed by atoms with Crippen molar-refractivity contribution in [3.63, 3.8) is 0 Å². The van der Waals surface area contributed by atoms with Crippen molar-refractivity contribution < 1.29 is 0 Å². The van der Waals surface area contributed by atoms with E-state index in [1.807, 2.05) is 0 Å². The van der Waals surface area contributed by atoms with Crippen molar-refractivity contribution in [1.82, 2.24) is 4.90 Å². The second-order valence-electron chi connectivity index (χ2n) is 4.64. The molecular weight excluding hydrogens is 274 g/mol. The molecule has 0 unspecified atom stereocenters. The lowest BCUT2D eigenvalue weighted by Crippen LogP contribution is -2.28. The highest BCUT2D eigenvalue weighted by Gasteiger charge is 2.10. The van der Waals surface area contributed by atoms with Gasteiger partial charge >= 0.3 is 0 Å². The molecular formula is C15H24BrN. The molecule has 0 N–H and O–H groups in total. The smallest absolute Gasteiger partial charge is 0.0233 e. The van der Waals surface area contributed by atoms with E-state index in [1.54, 1.807) is 0 Å². The van der Waals surface area contributed by atoms with Crippen LogP contribution in [0.1, 0.15) is 39.2 Å². The summed E-state index contributed by atoms with van der Waals surface area (Å²) in [5.41, 5.74) is 1.40. The lowest BCUT2D eigenvalue weighted by Gasteiger charge is -2.25. The summed E-state index contributed by atoms with van der Waals surface area (Å²) < 4.78 is 1.16. The molecule has 0 saturated carbocycles. The summed E-state index contributed by atoms with van der Waals surface area (Å²) in [6.07, 6.45) is 2.57. The minimum atomic E-state index is 0.838. The zero-order chi connectivity index (χ0) is 12.7. The minimum absolute atomic E-state index is 0.838. The molecule has 0 atom stereocenters. The minimum Gasteiger partial charge on any atom is -0.299 e. The zero-order valence-electron chi connectivity index (χ0n) is 11.2. The third-order valence-corrected chi connectivity index (χ3v) is 3.97. The predicted octanol–water partition coefficient (Wildman–Crippen LogP) is 4.71. The van der Waals surface area contributed by atoms with Crippen LogP contribution in [0.2, 0.25) is 0 Å². The van der Waals surface area contributed by atoms with Crippen LogP contribution in [-0.4, -0.2) is 18.0 Å². The summed E-state index contributed by atoms with van der Waals surface area (Å²) in [4.78, 5) is 2.54. The molecule has 0 fully saturated rings. The number of halogens is 1. The van der Waals surface area contributed by atoms with Crippen molar-refractivity contribution in [2.45, 2.75) is 40.2 Å². The van der Waals surface area contributed by atoms with E-state index < -0.39 is 0 Å². The summed E-state index contributed by atoms with van der Waals surface area (Å²) in [6.45, 7) is 10.3. The molecule has 0 saturated heterocycles. The van der Waals surface area contributed by atoms with Crippen LogP contribution in [0.15, 0.2) is 28.7 Å². The molecule has 1 nitrogen and oxygen atoms in total. The van der Waals surface area contributed by atoms with Crippen molar-refractivity contribution in [3.8, 4) is 0 Å². The van der Waals surface area contributed by atoms with Gasteiger partial charge in [-0.05, 0) is 30.2 Å². The molecule has 2 heteroatoms. The first-order valence-electron chi connectivity index (χ1n) is 6.66. The molecule has 1 aromatic carbocycles. The predicted molar refractivity (Wildman–Crippen MR) is 79.2 cm³/mol. The number of rotatable bonds is 7. The fourth-order valence-corrected chi connectivity index (χ4v) is 2.33. The van der Waals surface area contributed by atoms with Gasteiger partial charge in [-0.3, -0.25) is 4.90 Å². The molecule has 1 aromatic rings. The molecule has 0 bridgehead atoms. The molecule has 17 heavy (non-hydrogen) atoms. The zero-order valence-corrected chi connectivity index (χ0v) is 12.8. The largest absolute Gasteiger partial charge is 0.299 e. The van der Waals surface area contributed by atoms with E-state index in [0.29, 0.717) is 0 Å². The molecule has 0 amide bonds. The van der Waals surface area contributed by atoms with Gasteiger partial charge < -0.3 is 0 Å². The van der Waals surface area contributed by atoms with Crippen LogP contribution >= 0.6 is 15.9 Å². The molecule has 0 aliphatic rings. The fourth-order valence-electron chi connectivity index (χ4n) is 2.07. The van der Waals surface area contributed by atoms with Crippen molar-refractivity contribution in [1.29, 1.82) is 0 Å². The Morgan fingerprint density at radius 3 is 2.12 bits per heavy atom. The van der Waals surface area contributed by atoms with Gasteiger partial charge in [-0.25, -0.2) is 0 Å². The van der Waals surface area contributed by atoms with Gasteiger partial charge in [0.1, 0.15) is 0 Å². The molecule has 0 aliphatic heterocycles. The average Bonchev–Trinajstić information content (AvgIpc) is 2.37. The van der Waals surface area contributed by atoms with Gasteiger partial charge in [0.15, 0.2) is 0 Å². The first-order chi connectivity index (χ1) is 8.19. The standard InChI is InChI=1S/C15H24BrN/c1-4-13(5-2)11-17(6-3)12-14-7-9-15(16)10-8-14/h7-10,13H,4-6,11-12H2,1-3H3. The van der Waals surface area contributed by atoms with E-state index in [0.717, 1.165) is 23.5 Å². The lowest BCUT2D eigenvalue weighted by atomic mass is 10.0. The lowest BCUT2D eigenvalue weighted by molar-refractivity contribution is 0.226. The Balaban J connectivity index is 2.54. The highest BCUT2D eigenvalue weighted by Crippen LogP contribution is 2.15. The van der Waals surface area contributed by atoms with Gasteiger partial charge in [0, 0.05) is 17.6 Å². The average molecular weight is 298 g/mol. The van der Waals surface area contributed by atoms with Crippen LogP contribution in [0.4, 0.5) is 0 Å². The van der Waals surface area contributed by atoms with E-state index in [4.69, 9.17) is 0 Å². The Bertz CT molecular complexity index is 303. The number of benzene rings is 1. The van der Waals surface area contributed by atoms with Crippen molar-refractivity contribution in [2.24, 2.45) is 5.92 Å². The number of hydrogen-bond acceptors (Lipinski definition) is 1. The van der Waals surface area contributed by atoms with E-state index >= 15 is 0 Å². The van der Waals surface area contributed by atoms with Crippen LogP contribution in [0.25, 0.3) is 0 Å². The highest BCUT2D eigenvalue weighted by molar-refractivity contribution is 9.10. The fraction of sp³-hybridized carbons (Fsp3) is 0.600. The van der Waals surface area contributed by atoms with Crippen molar-refractivity contribution in [3.05, 3.63) is 34.3 Å². The second kappa shape index (κ2) is 7.88. The summed E-state index contributed by atoms with van der Waals surface area (Å²) in [5, 5.41) is 0. The summed E-state index contributed by atoms with van der Waals surface area (Å²) in [7, 11) is 0. The Morgan fingerprint density at radius 1 is 1.06 bits per heavy atom. The van der Waals surface area contributed by atoms with E-state index in [9.17, 15) is 0 Å². The number of nitrogens with zero attached hydrogens (tertiary/aromatic N) is 1. The Hall–Kier alpha value is -0.340. The Kier molecular flexibility index (Phi) is 6.83. The van der Waals surface area contributed by atoms with Crippen LogP contribution in [0, 0.1) is 5.92 Å². The normalized spacial score (nSPS) is 11.4. The summed E-state index contributed by atoms with van der Waals surface area (Å²) >= 11 is 3.48. The van der Waals surface area contributed by atoms with Crippen molar-refractivity contribution in [2.75, 3.05) is 13.1 Å². The molecule has 0 radical (unpaired) electrons. The van der Waals surface area contributed by atoms with E-state index in [2.05, 4.69) is 65.9 Å². The maximum Gasteiger partial charge on any atom is 0.0233 e. The van der Waals surface area contributed by atoms with Crippen LogP contribution in [0.3, 0.4) is 0 Å². The second-order valence-corrected chi connectivity index (χ2v) is 5.55. The summed E-state index contributed by atoms with van der Waals surface area (Å²) in [6, 6.07) is 8.67. The topological polar surface area (TPSA) is 3.24 Å². The Morgan fingerprint density at radius 2 is 1.65 bits per heavy atom. The molecule has 0 aromatic heterocycles. The van der Waals surface area contributed by atoms with Crippen LogP contribution < -0.4 is 0 Å². The maximum atomic E-state index is 3.48. The maximum absolute atomic E-state index is 3.48. The van der Waals surface area contributed by atoms with Gasteiger partial charge in [0.2, 0.25) is 0 Å². The number of hydrogen-bond donors (Lipinski definition) is 0. The summed E-state index contributed by atoms with van der Waals surface area (Å²) in [5.74, 6) is 0.838. The van der Waals surface area contributed by atoms with Crippen LogP contribution in [-0.2, 0) is 6.54 Å². The van der Waals surface area contributed by atoms with Gasteiger partial charge in [-0.2, -0.15) is 0 Å². The van der Waals surface area contributed by atoms with Crippen LogP contribution in [0.5, 0.6) is 0 Å².